The summed E-state index contributed by atoms with van der Waals surface area (Å²) in [5.74, 6) is 1.77. The predicted octanol–water partition coefficient (Wildman–Crippen LogP) is 3.01. The average molecular weight is 347 g/mol. The van der Waals surface area contributed by atoms with Crippen molar-refractivity contribution in [2.75, 3.05) is 33.3 Å². The number of hydrogen-bond donors (Lipinski definition) is 2. The number of benzene rings is 1. The van der Waals surface area contributed by atoms with Gasteiger partial charge in [0.2, 0.25) is 0 Å². The average Bonchev–Trinajstić information content (AvgIpc) is 2.63. The van der Waals surface area contributed by atoms with Gasteiger partial charge in [0.05, 0.1) is 6.61 Å². The van der Waals surface area contributed by atoms with Crippen LogP contribution in [0.25, 0.3) is 0 Å². The van der Waals surface area contributed by atoms with Crippen LogP contribution in [-0.4, -0.2) is 50.2 Å². The summed E-state index contributed by atoms with van der Waals surface area (Å²) in [6, 6.07) is 8.92. The highest BCUT2D eigenvalue weighted by atomic mass is 16.5. The second kappa shape index (κ2) is 11.0. The molecule has 1 heterocycles. The van der Waals surface area contributed by atoms with Crippen molar-refractivity contribution in [3.63, 3.8) is 0 Å². The summed E-state index contributed by atoms with van der Waals surface area (Å²) in [6.07, 6.45) is 5.22. The maximum absolute atomic E-state index is 5.55. The molecule has 1 unspecified atom stereocenters. The fourth-order valence-electron chi connectivity index (χ4n) is 3.30. The van der Waals surface area contributed by atoms with E-state index in [1.807, 2.05) is 26.1 Å². The number of ether oxygens (including phenoxy) is 1. The molecule has 0 amide bonds. The molecule has 0 spiro atoms. The molecule has 0 bridgehead atoms. The zero-order valence-corrected chi connectivity index (χ0v) is 16.1. The van der Waals surface area contributed by atoms with Crippen molar-refractivity contribution in [1.82, 2.24) is 15.5 Å². The lowest BCUT2D eigenvalue weighted by atomic mass is 10.0. The fraction of sp³-hybridized carbons (Fsp3) is 0.650. The van der Waals surface area contributed by atoms with Crippen molar-refractivity contribution in [2.24, 2.45) is 4.99 Å². The number of rotatable bonds is 8. The standard InChI is InChI=1S/C20H34N4O/c1-4-25-19-11-7-10-18(15-19)16-23-20(21-3)22-12-8-14-24-13-6-5-9-17(24)2/h7,10-11,15,17H,4-6,8-9,12-14,16H2,1-3H3,(H2,21,22,23). The van der Waals surface area contributed by atoms with Gasteiger partial charge in [-0.05, 0) is 57.4 Å². The van der Waals surface area contributed by atoms with Crippen LogP contribution in [0.3, 0.4) is 0 Å². The lowest BCUT2D eigenvalue weighted by molar-refractivity contribution is 0.159. The van der Waals surface area contributed by atoms with Gasteiger partial charge in [-0.1, -0.05) is 18.6 Å². The summed E-state index contributed by atoms with van der Waals surface area (Å²) in [4.78, 5) is 6.92. The molecule has 0 aromatic heterocycles. The van der Waals surface area contributed by atoms with Gasteiger partial charge < -0.3 is 20.3 Å². The molecule has 1 saturated heterocycles. The quantitative estimate of drug-likeness (QED) is 0.432. The first kappa shape index (κ1) is 19.6. The molecule has 1 aromatic rings. The summed E-state index contributed by atoms with van der Waals surface area (Å²) in [5, 5.41) is 6.79. The van der Waals surface area contributed by atoms with Crippen LogP contribution in [0.2, 0.25) is 0 Å². The van der Waals surface area contributed by atoms with Gasteiger partial charge in [-0.2, -0.15) is 0 Å². The van der Waals surface area contributed by atoms with Gasteiger partial charge in [-0.3, -0.25) is 4.99 Å². The number of nitrogens with zero attached hydrogens (tertiary/aromatic N) is 2. The maximum atomic E-state index is 5.55. The number of guanidine groups is 1. The highest BCUT2D eigenvalue weighted by Gasteiger charge is 2.17. The second-order valence-corrected chi connectivity index (χ2v) is 6.67. The number of likely N-dealkylation sites (tertiary alicyclic amines) is 1. The third-order valence-corrected chi connectivity index (χ3v) is 4.75. The van der Waals surface area contributed by atoms with E-state index in [0.29, 0.717) is 6.61 Å². The lowest BCUT2D eigenvalue weighted by Gasteiger charge is -2.33. The highest BCUT2D eigenvalue weighted by molar-refractivity contribution is 5.79. The Morgan fingerprint density at radius 3 is 2.96 bits per heavy atom. The van der Waals surface area contributed by atoms with E-state index in [2.05, 4.69) is 39.6 Å². The Balaban J connectivity index is 1.67. The molecule has 1 atom stereocenters. The molecule has 2 N–H and O–H groups in total. The molecule has 2 rings (SSSR count). The van der Waals surface area contributed by atoms with Gasteiger partial charge in [0.1, 0.15) is 5.75 Å². The molecule has 1 fully saturated rings. The van der Waals surface area contributed by atoms with Crippen molar-refractivity contribution in [3.05, 3.63) is 29.8 Å². The third kappa shape index (κ3) is 6.94. The summed E-state index contributed by atoms with van der Waals surface area (Å²) >= 11 is 0. The topological polar surface area (TPSA) is 48.9 Å². The Kier molecular flexibility index (Phi) is 8.60. The monoisotopic (exact) mass is 346 g/mol. The minimum absolute atomic E-state index is 0.690. The predicted molar refractivity (Wildman–Crippen MR) is 105 cm³/mol. The van der Waals surface area contributed by atoms with Crippen LogP contribution < -0.4 is 15.4 Å². The summed E-state index contributed by atoms with van der Waals surface area (Å²) < 4.78 is 5.55. The van der Waals surface area contributed by atoms with E-state index in [-0.39, 0.29) is 0 Å². The van der Waals surface area contributed by atoms with E-state index in [1.165, 1.54) is 37.9 Å². The molecular formula is C20H34N4O. The Bertz CT molecular complexity index is 532. The van der Waals surface area contributed by atoms with Crippen molar-refractivity contribution >= 4 is 5.96 Å². The fourth-order valence-corrected chi connectivity index (χ4v) is 3.30. The van der Waals surface area contributed by atoms with Crippen molar-refractivity contribution in [2.45, 2.75) is 52.1 Å². The van der Waals surface area contributed by atoms with E-state index < -0.39 is 0 Å². The van der Waals surface area contributed by atoms with Gasteiger partial charge >= 0.3 is 0 Å². The summed E-state index contributed by atoms with van der Waals surface area (Å²) in [6.45, 7) is 9.15. The zero-order valence-electron chi connectivity index (χ0n) is 16.1. The van der Waals surface area contributed by atoms with Crippen molar-refractivity contribution < 1.29 is 4.74 Å². The van der Waals surface area contributed by atoms with Crippen LogP contribution >= 0.6 is 0 Å². The SMILES string of the molecule is CCOc1cccc(CNC(=NC)NCCCN2CCCCC2C)c1. The van der Waals surface area contributed by atoms with E-state index in [0.717, 1.165) is 37.3 Å². The largest absolute Gasteiger partial charge is 0.494 e. The van der Waals surface area contributed by atoms with Crippen molar-refractivity contribution in [3.8, 4) is 5.75 Å². The van der Waals surface area contributed by atoms with Crippen LogP contribution in [-0.2, 0) is 6.54 Å². The normalized spacial score (nSPS) is 18.8. The molecule has 0 saturated carbocycles. The van der Waals surface area contributed by atoms with Gasteiger partial charge in [0, 0.05) is 32.7 Å². The summed E-state index contributed by atoms with van der Waals surface area (Å²) in [5.41, 5.74) is 1.19. The van der Waals surface area contributed by atoms with Crippen LogP contribution in [0, 0.1) is 0 Å². The number of nitrogens with one attached hydrogen (secondary N) is 2. The lowest BCUT2D eigenvalue weighted by Crippen LogP contribution is -2.41. The van der Waals surface area contributed by atoms with Crippen LogP contribution in [0.4, 0.5) is 0 Å². The van der Waals surface area contributed by atoms with E-state index in [9.17, 15) is 0 Å². The molecule has 1 aliphatic heterocycles. The smallest absolute Gasteiger partial charge is 0.191 e. The van der Waals surface area contributed by atoms with E-state index >= 15 is 0 Å². The third-order valence-electron chi connectivity index (χ3n) is 4.75. The molecule has 0 radical (unpaired) electrons. The highest BCUT2D eigenvalue weighted by Crippen LogP contribution is 2.16. The molecule has 1 aliphatic rings. The Morgan fingerprint density at radius 2 is 2.20 bits per heavy atom. The molecule has 140 valence electrons. The van der Waals surface area contributed by atoms with Crippen molar-refractivity contribution in [1.29, 1.82) is 0 Å². The summed E-state index contributed by atoms with van der Waals surface area (Å²) in [7, 11) is 1.82. The van der Waals surface area contributed by atoms with Gasteiger partial charge in [-0.15, -0.1) is 0 Å². The van der Waals surface area contributed by atoms with Gasteiger partial charge in [0.15, 0.2) is 5.96 Å². The minimum Gasteiger partial charge on any atom is -0.494 e. The van der Waals surface area contributed by atoms with E-state index in [4.69, 9.17) is 4.74 Å². The first-order valence-corrected chi connectivity index (χ1v) is 9.63. The van der Waals surface area contributed by atoms with Crippen LogP contribution in [0.5, 0.6) is 5.75 Å². The number of aliphatic imine (C=N–C) groups is 1. The molecule has 5 heteroatoms. The molecule has 1 aromatic carbocycles. The minimum atomic E-state index is 0.690. The van der Waals surface area contributed by atoms with Crippen LogP contribution in [0.15, 0.2) is 29.3 Å². The Hall–Kier alpha value is -1.75. The Labute approximate surface area is 152 Å². The molecule has 5 nitrogen and oxygen atoms in total. The Morgan fingerprint density at radius 1 is 1.32 bits per heavy atom. The number of hydrogen-bond acceptors (Lipinski definition) is 3. The van der Waals surface area contributed by atoms with Gasteiger partial charge in [0.25, 0.3) is 0 Å². The maximum Gasteiger partial charge on any atom is 0.191 e. The second-order valence-electron chi connectivity index (χ2n) is 6.67. The first-order chi connectivity index (χ1) is 12.2. The van der Waals surface area contributed by atoms with E-state index in [1.54, 1.807) is 0 Å². The first-order valence-electron chi connectivity index (χ1n) is 9.63. The molecule has 0 aliphatic carbocycles. The van der Waals surface area contributed by atoms with Crippen LogP contribution in [0.1, 0.15) is 45.1 Å². The number of piperidine rings is 1. The zero-order chi connectivity index (χ0) is 17.9. The van der Waals surface area contributed by atoms with Gasteiger partial charge in [-0.25, -0.2) is 0 Å². The molecule has 25 heavy (non-hydrogen) atoms. The molecular weight excluding hydrogens is 312 g/mol.